The maximum atomic E-state index is 14.3. The van der Waals surface area contributed by atoms with Crippen molar-refractivity contribution in [2.45, 2.75) is 59.5 Å². The predicted molar refractivity (Wildman–Crippen MR) is 136 cm³/mol. The Bertz CT molecular complexity index is 1270. The molecule has 1 amide bonds. The van der Waals surface area contributed by atoms with Crippen LogP contribution in [0.15, 0.2) is 46.7 Å². The SMILES string of the molecule is Cc1cc(=O)n(C(CC(C)C)C(=O)NC(CC(=O)O)c2csc(-c3c(C)cccc3C)c2)cc1F. The van der Waals surface area contributed by atoms with Gasteiger partial charge in [-0.2, -0.15) is 0 Å². The van der Waals surface area contributed by atoms with Gasteiger partial charge in [0.15, 0.2) is 0 Å². The van der Waals surface area contributed by atoms with Gasteiger partial charge in [0.25, 0.3) is 5.56 Å². The zero-order chi connectivity index (χ0) is 25.9. The molecule has 2 unspecified atom stereocenters. The fourth-order valence-electron chi connectivity index (χ4n) is 4.22. The van der Waals surface area contributed by atoms with Gasteiger partial charge in [-0.25, -0.2) is 4.39 Å². The highest BCUT2D eigenvalue weighted by atomic mass is 32.1. The molecule has 8 heteroatoms. The monoisotopic (exact) mass is 498 g/mol. The van der Waals surface area contributed by atoms with Crippen molar-refractivity contribution in [1.29, 1.82) is 0 Å². The average Bonchev–Trinajstić information content (AvgIpc) is 3.23. The number of nitrogens with one attached hydrogen (secondary N) is 1. The summed E-state index contributed by atoms with van der Waals surface area (Å²) in [6.45, 7) is 9.34. The number of hydrogen-bond acceptors (Lipinski definition) is 4. The number of pyridine rings is 1. The summed E-state index contributed by atoms with van der Waals surface area (Å²) in [5, 5.41) is 14.2. The number of halogens is 1. The molecule has 0 spiro atoms. The fourth-order valence-corrected chi connectivity index (χ4v) is 5.36. The van der Waals surface area contributed by atoms with Crippen LogP contribution in [0.1, 0.15) is 61.0 Å². The first kappa shape index (κ1) is 26.3. The molecule has 35 heavy (non-hydrogen) atoms. The minimum absolute atomic E-state index is 0.0386. The lowest BCUT2D eigenvalue weighted by atomic mass is 9.99. The topological polar surface area (TPSA) is 88.4 Å². The number of aromatic nitrogens is 1. The van der Waals surface area contributed by atoms with E-state index in [0.29, 0.717) is 12.0 Å². The molecular weight excluding hydrogens is 467 g/mol. The molecule has 3 rings (SSSR count). The first-order valence-corrected chi connectivity index (χ1v) is 12.4. The molecule has 0 bridgehead atoms. The standard InChI is InChI=1S/C27H31FN2O4S/c1-15(2)9-22(30-13-20(28)18(5)10-24(30)31)27(34)29-21(12-25(32)33)19-11-23(35-14-19)26-16(3)7-6-8-17(26)4/h6-8,10-11,13-15,21-22H,9,12H2,1-5H3,(H,29,34)(H,32,33). The van der Waals surface area contributed by atoms with E-state index in [2.05, 4.69) is 5.32 Å². The predicted octanol–water partition coefficient (Wildman–Crippen LogP) is 5.56. The molecule has 186 valence electrons. The smallest absolute Gasteiger partial charge is 0.305 e. The van der Waals surface area contributed by atoms with E-state index >= 15 is 0 Å². The van der Waals surface area contributed by atoms with E-state index in [1.54, 1.807) is 0 Å². The number of hydrogen-bond donors (Lipinski definition) is 2. The van der Waals surface area contributed by atoms with Crippen LogP contribution in [0, 0.1) is 32.5 Å². The number of thiophene rings is 1. The van der Waals surface area contributed by atoms with Crippen molar-refractivity contribution in [3.63, 3.8) is 0 Å². The van der Waals surface area contributed by atoms with Crippen molar-refractivity contribution >= 4 is 23.2 Å². The molecule has 2 atom stereocenters. The summed E-state index contributed by atoms with van der Waals surface area (Å²) < 4.78 is 15.4. The zero-order valence-corrected chi connectivity index (χ0v) is 21.4. The van der Waals surface area contributed by atoms with Gasteiger partial charge in [-0.1, -0.05) is 32.0 Å². The van der Waals surface area contributed by atoms with Gasteiger partial charge in [0.2, 0.25) is 5.91 Å². The average molecular weight is 499 g/mol. The number of aryl methyl sites for hydroxylation is 3. The molecule has 0 radical (unpaired) electrons. The Labute approximate surface area is 208 Å². The summed E-state index contributed by atoms with van der Waals surface area (Å²) in [4.78, 5) is 38.6. The molecule has 2 N–H and O–H groups in total. The lowest BCUT2D eigenvalue weighted by molar-refractivity contribution is -0.138. The van der Waals surface area contributed by atoms with Gasteiger partial charge in [0.1, 0.15) is 11.9 Å². The van der Waals surface area contributed by atoms with Crippen LogP contribution in [-0.4, -0.2) is 21.6 Å². The van der Waals surface area contributed by atoms with Crippen LogP contribution in [0.5, 0.6) is 0 Å². The van der Waals surface area contributed by atoms with E-state index in [1.807, 2.05) is 57.3 Å². The Hall–Kier alpha value is -3.26. The van der Waals surface area contributed by atoms with Crippen LogP contribution >= 0.6 is 11.3 Å². The second kappa shape index (κ2) is 11.0. The van der Waals surface area contributed by atoms with Crippen LogP contribution < -0.4 is 10.9 Å². The summed E-state index contributed by atoms with van der Waals surface area (Å²) in [6, 6.07) is 7.34. The van der Waals surface area contributed by atoms with Gasteiger partial charge in [-0.15, -0.1) is 11.3 Å². The van der Waals surface area contributed by atoms with E-state index in [-0.39, 0.29) is 17.9 Å². The Kier molecular flexibility index (Phi) is 8.27. The summed E-state index contributed by atoms with van der Waals surface area (Å²) >= 11 is 1.49. The van der Waals surface area contributed by atoms with Crippen LogP contribution in [0.4, 0.5) is 4.39 Å². The highest BCUT2D eigenvalue weighted by Gasteiger charge is 2.28. The van der Waals surface area contributed by atoms with Gasteiger partial charge < -0.3 is 15.0 Å². The van der Waals surface area contributed by atoms with Crippen molar-refractivity contribution in [2.75, 3.05) is 0 Å². The normalized spacial score (nSPS) is 13.0. The molecule has 0 aliphatic heterocycles. The molecule has 0 aliphatic carbocycles. The first-order chi connectivity index (χ1) is 16.5. The molecule has 3 aromatic rings. The Balaban J connectivity index is 1.96. The van der Waals surface area contributed by atoms with E-state index < -0.39 is 35.3 Å². The molecule has 0 saturated heterocycles. The lowest BCUT2D eigenvalue weighted by Crippen LogP contribution is -2.40. The number of carbonyl (C=O) groups is 2. The second-order valence-corrected chi connectivity index (χ2v) is 10.3. The van der Waals surface area contributed by atoms with Gasteiger partial charge in [0, 0.05) is 17.1 Å². The van der Waals surface area contributed by atoms with Crippen molar-refractivity contribution in [2.24, 2.45) is 5.92 Å². The zero-order valence-electron chi connectivity index (χ0n) is 20.6. The lowest BCUT2D eigenvalue weighted by Gasteiger charge is -2.24. The quantitative estimate of drug-likeness (QED) is 0.404. The molecule has 2 aromatic heterocycles. The number of nitrogens with zero attached hydrogens (tertiary/aromatic N) is 1. The van der Waals surface area contributed by atoms with Crippen molar-refractivity contribution in [3.8, 4) is 10.4 Å². The summed E-state index contributed by atoms with van der Waals surface area (Å²) in [5.74, 6) is -2.12. The largest absolute Gasteiger partial charge is 0.481 e. The third kappa shape index (κ3) is 6.25. The summed E-state index contributed by atoms with van der Waals surface area (Å²) in [6.07, 6.45) is 1.03. The Morgan fingerprint density at radius 1 is 1.11 bits per heavy atom. The van der Waals surface area contributed by atoms with E-state index in [0.717, 1.165) is 32.3 Å². The van der Waals surface area contributed by atoms with Gasteiger partial charge >= 0.3 is 5.97 Å². The molecular formula is C27H31FN2O4S. The van der Waals surface area contributed by atoms with Gasteiger partial charge in [0.05, 0.1) is 12.5 Å². The van der Waals surface area contributed by atoms with Gasteiger partial charge in [-0.05, 0) is 72.4 Å². The number of aliphatic carboxylic acids is 1. The van der Waals surface area contributed by atoms with Crippen molar-refractivity contribution in [3.05, 3.63) is 80.3 Å². The first-order valence-electron chi connectivity index (χ1n) is 11.5. The Morgan fingerprint density at radius 3 is 2.37 bits per heavy atom. The molecule has 0 fully saturated rings. The minimum Gasteiger partial charge on any atom is -0.481 e. The third-order valence-electron chi connectivity index (χ3n) is 6.00. The highest BCUT2D eigenvalue weighted by Crippen LogP contribution is 2.35. The van der Waals surface area contributed by atoms with Crippen molar-refractivity contribution in [1.82, 2.24) is 9.88 Å². The molecule has 2 heterocycles. The van der Waals surface area contributed by atoms with Crippen LogP contribution in [0.25, 0.3) is 10.4 Å². The molecule has 0 aliphatic rings. The van der Waals surface area contributed by atoms with Crippen LogP contribution in [-0.2, 0) is 9.59 Å². The Morgan fingerprint density at radius 2 is 1.77 bits per heavy atom. The summed E-state index contributed by atoms with van der Waals surface area (Å²) in [5.41, 5.74) is 3.70. The highest BCUT2D eigenvalue weighted by molar-refractivity contribution is 7.13. The van der Waals surface area contributed by atoms with Crippen LogP contribution in [0.2, 0.25) is 0 Å². The summed E-state index contributed by atoms with van der Waals surface area (Å²) in [7, 11) is 0. The number of benzene rings is 1. The maximum Gasteiger partial charge on any atom is 0.305 e. The van der Waals surface area contributed by atoms with E-state index in [4.69, 9.17) is 0 Å². The molecule has 6 nitrogen and oxygen atoms in total. The number of carboxylic acids is 1. The molecule has 0 saturated carbocycles. The number of carboxylic acid groups (broad SMARTS) is 1. The minimum atomic E-state index is -1.06. The second-order valence-electron chi connectivity index (χ2n) is 9.37. The fraction of sp³-hybridized carbons (Fsp3) is 0.370. The van der Waals surface area contributed by atoms with E-state index in [9.17, 15) is 23.9 Å². The van der Waals surface area contributed by atoms with E-state index in [1.165, 1.54) is 24.3 Å². The van der Waals surface area contributed by atoms with Crippen LogP contribution in [0.3, 0.4) is 0 Å². The number of rotatable bonds is 9. The van der Waals surface area contributed by atoms with Gasteiger partial charge in [-0.3, -0.25) is 14.4 Å². The number of amides is 1. The molecule has 1 aromatic carbocycles. The van der Waals surface area contributed by atoms with Crippen molar-refractivity contribution < 1.29 is 19.1 Å². The third-order valence-corrected chi connectivity index (χ3v) is 6.97. The maximum absolute atomic E-state index is 14.3. The number of carbonyl (C=O) groups excluding carboxylic acids is 1.